The van der Waals surface area contributed by atoms with Gasteiger partial charge in [0.1, 0.15) is 0 Å². The van der Waals surface area contributed by atoms with Crippen LogP contribution in [-0.4, -0.2) is 38.7 Å². The number of benzene rings is 1. The number of hydrogen-bond acceptors (Lipinski definition) is 6. The van der Waals surface area contributed by atoms with Gasteiger partial charge in [-0.15, -0.1) is 0 Å². The van der Waals surface area contributed by atoms with Gasteiger partial charge in [0, 0.05) is 19.1 Å². The highest BCUT2D eigenvalue weighted by Gasteiger charge is 2.22. The average Bonchev–Trinajstić information content (AvgIpc) is 3.05. The molecule has 4 rings (SSSR count). The summed E-state index contributed by atoms with van der Waals surface area (Å²) in [5.74, 6) is 0.560. The Hall–Kier alpha value is -3.18. The van der Waals surface area contributed by atoms with Crippen LogP contribution in [0.25, 0.3) is 11.2 Å². The van der Waals surface area contributed by atoms with E-state index in [-0.39, 0.29) is 18.1 Å². The molecule has 1 fully saturated rings. The Morgan fingerprint density at radius 1 is 1.33 bits per heavy atom. The van der Waals surface area contributed by atoms with Gasteiger partial charge in [-0.25, -0.2) is 4.98 Å². The van der Waals surface area contributed by atoms with Crippen LogP contribution in [0.15, 0.2) is 35.4 Å². The zero-order chi connectivity index (χ0) is 18.8. The Morgan fingerprint density at radius 3 is 3.04 bits per heavy atom. The zero-order valence-electron chi connectivity index (χ0n) is 14.9. The molecule has 0 radical (unpaired) electrons. The topological polar surface area (TPSA) is 117 Å². The maximum Gasteiger partial charge on any atom is 0.281 e. The van der Waals surface area contributed by atoms with Crippen molar-refractivity contribution in [3.05, 3.63) is 52.1 Å². The van der Waals surface area contributed by atoms with Crippen molar-refractivity contribution in [1.82, 2.24) is 19.5 Å². The molecule has 0 bridgehead atoms. The highest BCUT2D eigenvalue weighted by atomic mass is 16.1. The predicted molar refractivity (Wildman–Crippen MR) is 102 cm³/mol. The number of H-pyrrole nitrogens is 1. The van der Waals surface area contributed by atoms with Crippen LogP contribution in [0.1, 0.15) is 30.4 Å². The molecule has 27 heavy (non-hydrogen) atoms. The summed E-state index contributed by atoms with van der Waals surface area (Å²) in [4.78, 5) is 26.9. The third-order valence-corrected chi connectivity index (χ3v) is 4.98. The highest BCUT2D eigenvalue weighted by molar-refractivity contribution is 5.70. The standard InChI is InChI=1S/C19H21N7O/c20-9-13-5-1-2-6-14(13)10-26-18(27)16-17(23-12-22-16)24-19(26)25-8-4-3-7-15(21)11-25/h1-2,5-6,12,15H,3-4,7-8,10-11,21H2,(H,22,23). The SMILES string of the molecule is N#Cc1ccccc1Cn1c(N2CCCCC(N)C2)nc2nc[nH]c2c1=O. The number of imidazole rings is 1. The van der Waals surface area contributed by atoms with Crippen LogP contribution in [0, 0.1) is 11.3 Å². The second-order valence-electron chi connectivity index (χ2n) is 6.88. The fourth-order valence-corrected chi connectivity index (χ4v) is 3.59. The van der Waals surface area contributed by atoms with Gasteiger partial charge >= 0.3 is 0 Å². The molecule has 1 saturated heterocycles. The fraction of sp³-hybridized carbons (Fsp3) is 0.368. The smallest absolute Gasteiger partial charge is 0.281 e. The number of aromatic amines is 1. The second-order valence-corrected chi connectivity index (χ2v) is 6.88. The first kappa shape index (κ1) is 17.2. The monoisotopic (exact) mass is 363 g/mol. The molecule has 138 valence electrons. The molecule has 1 aliphatic rings. The highest BCUT2D eigenvalue weighted by Crippen LogP contribution is 2.20. The summed E-state index contributed by atoms with van der Waals surface area (Å²) in [6.45, 7) is 1.70. The zero-order valence-corrected chi connectivity index (χ0v) is 14.9. The van der Waals surface area contributed by atoms with Crippen molar-refractivity contribution >= 4 is 17.1 Å². The van der Waals surface area contributed by atoms with Gasteiger partial charge in [0.05, 0.1) is 24.5 Å². The van der Waals surface area contributed by atoms with Crippen molar-refractivity contribution in [3.8, 4) is 6.07 Å². The quantitative estimate of drug-likeness (QED) is 0.726. The molecule has 0 saturated carbocycles. The normalized spacial score (nSPS) is 17.6. The molecular formula is C19H21N7O. The van der Waals surface area contributed by atoms with Crippen LogP contribution in [0.5, 0.6) is 0 Å². The number of nitriles is 1. The molecule has 8 heteroatoms. The number of anilines is 1. The number of hydrogen-bond donors (Lipinski definition) is 2. The first-order chi connectivity index (χ1) is 13.2. The lowest BCUT2D eigenvalue weighted by Crippen LogP contribution is -2.40. The van der Waals surface area contributed by atoms with Crippen molar-refractivity contribution < 1.29 is 0 Å². The Bertz CT molecular complexity index is 1060. The minimum Gasteiger partial charge on any atom is -0.341 e. The summed E-state index contributed by atoms with van der Waals surface area (Å²) >= 11 is 0. The summed E-state index contributed by atoms with van der Waals surface area (Å²) in [6.07, 6.45) is 4.49. The van der Waals surface area contributed by atoms with Gasteiger partial charge in [-0.2, -0.15) is 10.2 Å². The summed E-state index contributed by atoms with van der Waals surface area (Å²) in [5, 5.41) is 9.40. The van der Waals surface area contributed by atoms with E-state index in [1.54, 1.807) is 10.6 Å². The van der Waals surface area contributed by atoms with E-state index in [0.29, 0.717) is 29.2 Å². The van der Waals surface area contributed by atoms with Crippen LogP contribution in [-0.2, 0) is 6.54 Å². The van der Waals surface area contributed by atoms with E-state index in [0.717, 1.165) is 31.4 Å². The molecule has 0 amide bonds. The lowest BCUT2D eigenvalue weighted by Gasteiger charge is -2.26. The molecule has 1 aromatic carbocycles. The predicted octanol–water partition coefficient (Wildman–Crippen LogP) is 1.36. The van der Waals surface area contributed by atoms with Crippen molar-refractivity contribution in [1.29, 1.82) is 5.26 Å². The molecule has 3 N–H and O–H groups in total. The Labute approximate surface area is 156 Å². The first-order valence-corrected chi connectivity index (χ1v) is 9.10. The van der Waals surface area contributed by atoms with E-state index in [4.69, 9.17) is 5.73 Å². The molecule has 0 aliphatic carbocycles. The minimum atomic E-state index is -0.196. The molecule has 1 atom stereocenters. The van der Waals surface area contributed by atoms with Crippen LogP contribution >= 0.6 is 0 Å². The molecule has 0 spiro atoms. The fourth-order valence-electron chi connectivity index (χ4n) is 3.59. The molecule has 1 aliphatic heterocycles. The van der Waals surface area contributed by atoms with E-state index in [9.17, 15) is 10.1 Å². The largest absolute Gasteiger partial charge is 0.341 e. The number of nitrogens with two attached hydrogens (primary N) is 1. The van der Waals surface area contributed by atoms with Gasteiger partial charge in [-0.3, -0.25) is 9.36 Å². The number of nitrogens with one attached hydrogen (secondary N) is 1. The maximum atomic E-state index is 13.1. The van der Waals surface area contributed by atoms with Crippen molar-refractivity contribution in [2.75, 3.05) is 18.0 Å². The van der Waals surface area contributed by atoms with Crippen LogP contribution in [0.2, 0.25) is 0 Å². The lowest BCUT2D eigenvalue weighted by molar-refractivity contribution is 0.610. The van der Waals surface area contributed by atoms with E-state index < -0.39 is 0 Å². The maximum absolute atomic E-state index is 13.1. The molecule has 3 heterocycles. The average molecular weight is 363 g/mol. The number of aromatic nitrogens is 4. The molecular weight excluding hydrogens is 342 g/mol. The van der Waals surface area contributed by atoms with Gasteiger partial charge in [-0.05, 0) is 24.5 Å². The Morgan fingerprint density at radius 2 is 2.19 bits per heavy atom. The van der Waals surface area contributed by atoms with E-state index in [1.165, 1.54) is 6.33 Å². The van der Waals surface area contributed by atoms with Gasteiger partial charge in [0.25, 0.3) is 5.56 Å². The minimum absolute atomic E-state index is 0.0409. The molecule has 1 unspecified atom stereocenters. The van der Waals surface area contributed by atoms with Crippen molar-refractivity contribution in [2.45, 2.75) is 31.8 Å². The third-order valence-electron chi connectivity index (χ3n) is 4.98. The van der Waals surface area contributed by atoms with Crippen molar-refractivity contribution in [2.24, 2.45) is 5.73 Å². The first-order valence-electron chi connectivity index (χ1n) is 9.10. The summed E-state index contributed by atoms with van der Waals surface area (Å²) in [6, 6.07) is 9.53. The van der Waals surface area contributed by atoms with Crippen LogP contribution < -0.4 is 16.2 Å². The van der Waals surface area contributed by atoms with Crippen LogP contribution in [0.3, 0.4) is 0 Å². The summed E-state index contributed by atoms with van der Waals surface area (Å²) < 4.78 is 1.62. The van der Waals surface area contributed by atoms with E-state index in [2.05, 4.69) is 25.9 Å². The number of rotatable bonds is 3. The Balaban J connectivity index is 1.86. The Kier molecular flexibility index (Phi) is 4.60. The molecule has 8 nitrogen and oxygen atoms in total. The van der Waals surface area contributed by atoms with Crippen LogP contribution in [0.4, 0.5) is 5.95 Å². The number of fused-ring (bicyclic) bond motifs is 1. The lowest BCUT2D eigenvalue weighted by atomic mass is 10.1. The number of nitrogens with zero attached hydrogens (tertiary/aromatic N) is 5. The van der Waals surface area contributed by atoms with Crippen molar-refractivity contribution in [3.63, 3.8) is 0 Å². The van der Waals surface area contributed by atoms with Gasteiger partial charge in [0.15, 0.2) is 11.2 Å². The van der Waals surface area contributed by atoms with Gasteiger partial charge < -0.3 is 15.6 Å². The molecule has 2 aromatic heterocycles. The molecule has 3 aromatic rings. The third kappa shape index (κ3) is 3.29. The summed E-state index contributed by atoms with van der Waals surface area (Å²) in [5.41, 5.74) is 8.12. The van der Waals surface area contributed by atoms with Gasteiger partial charge in [0.2, 0.25) is 5.95 Å². The second kappa shape index (κ2) is 7.21. The summed E-state index contributed by atoms with van der Waals surface area (Å²) in [7, 11) is 0. The van der Waals surface area contributed by atoms with E-state index >= 15 is 0 Å². The van der Waals surface area contributed by atoms with E-state index in [1.807, 2.05) is 18.2 Å². The van der Waals surface area contributed by atoms with Gasteiger partial charge in [-0.1, -0.05) is 24.6 Å².